The monoisotopic (exact) mass is 587 g/mol. The van der Waals surface area contributed by atoms with Crippen LogP contribution in [0.2, 0.25) is 0 Å². The Morgan fingerprint density at radius 3 is 1.36 bits per heavy atom. The van der Waals surface area contributed by atoms with E-state index in [9.17, 15) is 0 Å². The molecule has 45 heavy (non-hydrogen) atoms. The summed E-state index contributed by atoms with van der Waals surface area (Å²) in [6.07, 6.45) is 0. The van der Waals surface area contributed by atoms with E-state index >= 15 is 0 Å². The normalized spacial score (nSPS) is 15.2. The predicted molar refractivity (Wildman–Crippen MR) is 183 cm³/mol. The minimum Gasteiger partial charge on any atom is -0.399 e. The van der Waals surface area contributed by atoms with Crippen LogP contribution in [0, 0.1) is 0 Å². The fourth-order valence-electron chi connectivity index (χ4n) is 5.58. The summed E-state index contributed by atoms with van der Waals surface area (Å²) in [5.74, 6) is 1.86. The van der Waals surface area contributed by atoms with Crippen molar-refractivity contribution in [2.45, 2.75) is 38.9 Å². The summed E-state index contributed by atoms with van der Waals surface area (Å²) in [6.45, 7) is 8.33. The van der Waals surface area contributed by atoms with Gasteiger partial charge in [0.05, 0.1) is 11.2 Å². The minimum atomic E-state index is -0.499. The van der Waals surface area contributed by atoms with Crippen LogP contribution in [-0.4, -0.2) is 33.3 Å². The molecule has 5 aromatic carbocycles. The standard InChI is InChI=1S/C39H34BN3O2/c1-38(2)39(3,4)45-40(44-38)34-23-15-14-22-33(34)31-24-30(27-16-8-5-9-17-27)25-32(26-31)37-42-35(28-18-10-6-11-19-28)41-36(43-37)29-20-12-7-13-21-29/h5-26H,1-4H3. The summed E-state index contributed by atoms with van der Waals surface area (Å²) in [7, 11) is -0.499. The second-order valence-electron chi connectivity index (χ2n) is 12.4. The third-order valence-corrected chi connectivity index (χ3v) is 8.78. The number of benzene rings is 5. The van der Waals surface area contributed by atoms with Gasteiger partial charge in [-0.05, 0) is 73.6 Å². The SMILES string of the molecule is CC1(C)OB(c2ccccc2-c2cc(-c3ccccc3)cc(-c3nc(-c4ccccc4)nc(-c4ccccc4)n3)c2)OC1(C)C. The molecule has 1 fully saturated rings. The van der Waals surface area contributed by atoms with E-state index in [-0.39, 0.29) is 0 Å². The van der Waals surface area contributed by atoms with Crippen LogP contribution in [0.4, 0.5) is 0 Å². The van der Waals surface area contributed by atoms with Crippen LogP contribution >= 0.6 is 0 Å². The van der Waals surface area contributed by atoms with E-state index in [4.69, 9.17) is 24.3 Å². The molecule has 0 saturated carbocycles. The summed E-state index contributed by atoms with van der Waals surface area (Å²) in [5.41, 5.74) is 7.08. The summed E-state index contributed by atoms with van der Waals surface area (Å²) in [5, 5.41) is 0. The maximum Gasteiger partial charge on any atom is 0.495 e. The zero-order valence-electron chi connectivity index (χ0n) is 25.9. The first-order valence-corrected chi connectivity index (χ1v) is 15.3. The third kappa shape index (κ3) is 5.71. The van der Waals surface area contributed by atoms with E-state index in [0.29, 0.717) is 17.5 Å². The molecule has 1 aliphatic heterocycles. The van der Waals surface area contributed by atoms with Crippen LogP contribution in [0.5, 0.6) is 0 Å². The fourth-order valence-corrected chi connectivity index (χ4v) is 5.58. The maximum atomic E-state index is 6.52. The first kappa shape index (κ1) is 28.8. The molecule has 5 nitrogen and oxygen atoms in total. The average molecular weight is 588 g/mol. The van der Waals surface area contributed by atoms with Gasteiger partial charge in [-0.15, -0.1) is 0 Å². The van der Waals surface area contributed by atoms with Crippen LogP contribution < -0.4 is 5.46 Å². The Kier molecular flexibility index (Phi) is 7.40. The van der Waals surface area contributed by atoms with Crippen LogP contribution in [0.1, 0.15) is 27.7 Å². The van der Waals surface area contributed by atoms with Crippen LogP contribution in [0.25, 0.3) is 56.4 Å². The van der Waals surface area contributed by atoms with Crippen LogP contribution in [0.15, 0.2) is 133 Å². The van der Waals surface area contributed by atoms with Gasteiger partial charge in [-0.2, -0.15) is 0 Å². The van der Waals surface area contributed by atoms with Crippen molar-refractivity contribution in [2.75, 3.05) is 0 Å². The third-order valence-electron chi connectivity index (χ3n) is 8.78. The Labute approximate surface area is 265 Å². The molecule has 0 atom stereocenters. The molecule has 0 radical (unpaired) electrons. The highest BCUT2D eigenvalue weighted by molar-refractivity contribution is 6.63. The van der Waals surface area contributed by atoms with Gasteiger partial charge in [0, 0.05) is 16.7 Å². The Morgan fingerprint density at radius 2 is 0.822 bits per heavy atom. The number of aromatic nitrogens is 3. The first-order valence-electron chi connectivity index (χ1n) is 15.3. The first-order chi connectivity index (χ1) is 21.8. The topological polar surface area (TPSA) is 57.1 Å². The molecular formula is C39H34BN3O2. The van der Waals surface area contributed by atoms with Gasteiger partial charge in [0.2, 0.25) is 0 Å². The van der Waals surface area contributed by atoms with Gasteiger partial charge in [-0.3, -0.25) is 0 Å². The van der Waals surface area contributed by atoms with Gasteiger partial charge in [0.25, 0.3) is 0 Å². The van der Waals surface area contributed by atoms with Gasteiger partial charge in [-0.25, -0.2) is 15.0 Å². The van der Waals surface area contributed by atoms with Crippen molar-refractivity contribution < 1.29 is 9.31 Å². The molecule has 7 rings (SSSR count). The summed E-state index contributed by atoms with van der Waals surface area (Å²) < 4.78 is 13.0. The van der Waals surface area contributed by atoms with Crippen molar-refractivity contribution in [1.29, 1.82) is 0 Å². The lowest BCUT2D eigenvalue weighted by Gasteiger charge is -2.32. The van der Waals surface area contributed by atoms with E-state index in [1.165, 1.54) is 0 Å². The van der Waals surface area contributed by atoms with E-state index in [2.05, 4.69) is 88.4 Å². The predicted octanol–water partition coefficient (Wildman–Crippen LogP) is 8.51. The van der Waals surface area contributed by atoms with Crippen molar-refractivity contribution >= 4 is 12.6 Å². The molecule has 6 heteroatoms. The van der Waals surface area contributed by atoms with E-state index in [1.807, 2.05) is 72.8 Å². The number of hydrogen-bond acceptors (Lipinski definition) is 5. The number of rotatable bonds is 6. The molecule has 0 amide bonds. The average Bonchev–Trinajstić information content (AvgIpc) is 3.31. The Hall–Kier alpha value is -4.91. The zero-order valence-corrected chi connectivity index (χ0v) is 25.9. The summed E-state index contributed by atoms with van der Waals surface area (Å²) >= 11 is 0. The lowest BCUT2D eigenvalue weighted by molar-refractivity contribution is 0.00578. The van der Waals surface area contributed by atoms with Crippen molar-refractivity contribution in [3.8, 4) is 56.4 Å². The van der Waals surface area contributed by atoms with Crippen LogP contribution in [-0.2, 0) is 9.31 Å². The molecule has 0 unspecified atom stereocenters. The summed E-state index contributed by atoms with van der Waals surface area (Å²) in [4.78, 5) is 15.0. The second kappa shape index (κ2) is 11.5. The van der Waals surface area contributed by atoms with Gasteiger partial charge in [0.15, 0.2) is 17.5 Å². The van der Waals surface area contributed by atoms with Crippen molar-refractivity contribution in [1.82, 2.24) is 15.0 Å². The fraction of sp³-hybridized carbons (Fsp3) is 0.154. The highest BCUT2D eigenvalue weighted by atomic mass is 16.7. The molecule has 0 aliphatic carbocycles. The molecule has 0 N–H and O–H groups in total. The molecule has 0 bridgehead atoms. The van der Waals surface area contributed by atoms with E-state index in [1.54, 1.807) is 0 Å². The lowest BCUT2D eigenvalue weighted by atomic mass is 9.74. The Balaban J connectivity index is 1.43. The Morgan fingerprint density at radius 1 is 0.422 bits per heavy atom. The molecule has 1 saturated heterocycles. The largest absolute Gasteiger partial charge is 0.495 e. The highest BCUT2D eigenvalue weighted by Gasteiger charge is 2.52. The molecular weight excluding hydrogens is 553 g/mol. The smallest absolute Gasteiger partial charge is 0.399 e. The molecule has 0 spiro atoms. The van der Waals surface area contributed by atoms with E-state index < -0.39 is 18.3 Å². The van der Waals surface area contributed by atoms with Crippen molar-refractivity contribution in [2.24, 2.45) is 0 Å². The number of hydrogen-bond donors (Lipinski definition) is 0. The molecule has 220 valence electrons. The zero-order chi connectivity index (χ0) is 31.0. The molecule has 6 aromatic rings. The van der Waals surface area contributed by atoms with Gasteiger partial charge in [0.1, 0.15) is 0 Å². The van der Waals surface area contributed by atoms with Gasteiger partial charge < -0.3 is 9.31 Å². The van der Waals surface area contributed by atoms with E-state index in [0.717, 1.165) is 44.4 Å². The minimum absolute atomic E-state index is 0.450. The Bertz CT molecular complexity index is 1890. The second-order valence-corrected chi connectivity index (χ2v) is 12.4. The molecule has 2 heterocycles. The van der Waals surface area contributed by atoms with Crippen molar-refractivity contribution in [3.63, 3.8) is 0 Å². The maximum absolute atomic E-state index is 6.52. The van der Waals surface area contributed by atoms with Gasteiger partial charge >= 0.3 is 7.12 Å². The lowest BCUT2D eigenvalue weighted by Crippen LogP contribution is -2.41. The quantitative estimate of drug-likeness (QED) is 0.183. The molecule has 1 aromatic heterocycles. The van der Waals surface area contributed by atoms with Gasteiger partial charge in [-0.1, -0.05) is 115 Å². The molecule has 1 aliphatic rings. The summed E-state index contributed by atoms with van der Waals surface area (Å²) in [6, 6.07) is 45.4. The number of nitrogens with zero attached hydrogens (tertiary/aromatic N) is 3. The van der Waals surface area contributed by atoms with Crippen LogP contribution in [0.3, 0.4) is 0 Å². The van der Waals surface area contributed by atoms with Crippen molar-refractivity contribution in [3.05, 3.63) is 133 Å². The highest BCUT2D eigenvalue weighted by Crippen LogP contribution is 2.38.